The maximum Gasteiger partial charge on any atom is 0.341 e. The zero-order valence-corrected chi connectivity index (χ0v) is 16.0. The molecule has 1 amide bonds. The molecule has 0 aromatic heterocycles. The number of carbonyl (C=O) groups excluding carboxylic acids is 1. The second-order valence-electron chi connectivity index (χ2n) is 8.75. The third kappa shape index (κ3) is 3.62. The van der Waals surface area contributed by atoms with E-state index in [-0.39, 0.29) is 11.5 Å². The van der Waals surface area contributed by atoms with E-state index in [0.29, 0.717) is 12.0 Å². The molecular weight excluding hydrogens is 372 g/mol. The van der Waals surface area contributed by atoms with Gasteiger partial charge in [-0.25, -0.2) is 8.42 Å². The summed E-state index contributed by atoms with van der Waals surface area (Å²) >= 11 is 0. The Bertz CT molecular complexity index is 785. The number of benzene rings is 1. The lowest BCUT2D eigenvalue weighted by atomic mass is 9.49. The van der Waals surface area contributed by atoms with Gasteiger partial charge in [0.05, 0.1) is 4.90 Å². The molecule has 1 N–H and O–H groups in total. The van der Waals surface area contributed by atoms with Gasteiger partial charge in [-0.1, -0.05) is 0 Å². The smallest absolute Gasteiger partial charge is 0.341 e. The lowest BCUT2D eigenvalue weighted by Gasteiger charge is -2.57. The number of sulfone groups is 1. The fourth-order valence-electron chi connectivity index (χ4n) is 6.04. The number of amides is 1. The molecular formula is C20H25F2NO3S. The first kappa shape index (κ1) is 18.8. The molecule has 0 atom stereocenters. The minimum atomic E-state index is -4.63. The van der Waals surface area contributed by atoms with Gasteiger partial charge in [0.1, 0.15) is 0 Å². The summed E-state index contributed by atoms with van der Waals surface area (Å²) in [6.07, 6.45) is 9.01. The van der Waals surface area contributed by atoms with Crippen LogP contribution in [0.25, 0.3) is 0 Å². The van der Waals surface area contributed by atoms with E-state index in [9.17, 15) is 22.0 Å². The van der Waals surface area contributed by atoms with Crippen LogP contribution in [-0.4, -0.2) is 26.6 Å². The summed E-state index contributed by atoms with van der Waals surface area (Å²) in [4.78, 5) is 11.8. The monoisotopic (exact) mass is 397 g/mol. The van der Waals surface area contributed by atoms with E-state index in [1.54, 1.807) is 0 Å². The predicted molar refractivity (Wildman–Crippen MR) is 97.2 cm³/mol. The summed E-state index contributed by atoms with van der Waals surface area (Å²) in [5.74, 6) is -1.14. The van der Waals surface area contributed by atoms with Crippen LogP contribution in [0, 0.1) is 23.2 Å². The Labute approximate surface area is 158 Å². The lowest BCUT2D eigenvalue weighted by molar-refractivity contribution is -0.0564. The van der Waals surface area contributed by atoms with Gasteiger partial charge in [-0.15, -0.1) is 0 Å². The highest BCUT2D eigenvalue weighted by atomic mass is 32.2. The van der Waals surface area contributed by atoms with Gasteiger partial charge in [0.15, 0.2) is 0 Å². The van der Waals surface area contributed by atoms with Crippen molar-refractivity contribution in [3.8, 4) is 0 Å². The molecule has 4 aliphatic rings. The second kappa shape index (κ2) is 6.83. The summed E-state index contributed by atoms with van der Waals surface area (Å²) in [5, 5.41) is 2.92. The Morgan fingerprint density at radius 3 is 2.04 bits per heavy atom. The number of alkyl halides is 2. The van der Waals surface area contributed by atoms with Crippen molar-refractivity contribution in [1.82, 2.24) is 5.32 Å². The van der Waals surface area contributed by atoms with Crippen molar-refractivity contribution in [1.29, 1.82) is 0 Å². The van der Waals surface area contributed by atoms with Crippen molar-refractivity contribution in [2.75, 3.05) is 6.54 Å². The minimum absolute atomic E-state index is 0.286. The Balaban J connectivity index is 1.34. The summed E-state index contributed by atoms with van der Waals surface area (Å²) in [5.41, 5.74) is 0.672. The number of rotatable bonds is 6. The summed E-state index contributed by atoms with van der Waals surface area (Å²) in [6, 6.07) is 4.70. The molecule has 0 unspecified atom stereocenters. The van der Waals surface area contributed by atoms with E-state index in [1.807, 2.05) is 0 Å². The number of hydrogen-bond acceptors (Lipinski definition) is 3. The highest BCUT2D eigenvalue weighted by Crippen LogP contribution is 2.61. The molecule has 0 spiro atoms. The van der Waals surface area contributed by atoms with Gasteiger partial charge in [-0.2, -0.15) is 8.78 Å². The number of halogens is 2. The zero-order valence-electron chi connectivity index (χ0n) is 15.2. The van der Waals surface area contributed by atoms with Crippen molar-refractivity contribution in [3.05, 3.63) is 29.8 Å². The molecule has 5 rings (SSSR count). The molecule has 27 heavy (non-hydrogen) atoms. The van der Waals surface area contributed by atoms with E-state index in [1.165, 1.54) is 50.7 Å². The average Bonchev–Trinajstić information content (AvgIpc) is 2.60. The SMILES string of the molecule is O=C(NCCC12CC3CC(CC(C3)C1)C2)c1ccc(S(=O)(=O)C(F)F)cc1. The first-order valence-corrected chi connectivity index (χ1v) is 11.2. The Morgan fingerprint density at radius 1 is 1.04 bits per heavy atom. The topological polar surface area (TPSA) is 63.2 Å². The fraction of sp³-hybridized carbons (Fsp3) is 0.650. The van der Waals surface area contributed by atoms with Gasteiger partial charge in [-0.3, -0.25) is 4.79 Å². The van der Waals surface area contributed by atoms with Crippen molar-refractivity contribution in [2.24, 2.45) is 23.2 Å². The number of hydrogen-bond donors (Lipinski definition) is 1. The van der Waals surface area contributed by atoms with E-state index >= 15 is 0 Å². The average molecular weight is 397 g/mol. The third-order valence-electron chi connectivity index (χ3n) is 6.79. The van der Waals surface area contributed by atoms with Crippen LogP contribution >= 0.6 is 0 Å². The molecule has 1 aromatic carbocycles. The van der Waals surface area contributed by atoms with Crippen LogP contribution in [0.1, 0.15) is 55.3 Å². The van der Waals surface area contributed by atoms with Crippen molar-refractivity contribution in [2.45, 2.75) is 55.6 Å². The van der Waals surface area contributed by atoms with Gasteiger partial charge in [0.25, 0.3) is 5.91 Å². The molecule has 0 heterocycles. The van der Waals surface area contributed by atoms with Crippen LogP contribution in [0.4, 0.5) is 8.78 Å². The van der Waals surface area contributed by atoms with Gasteiger partial charge in [0.2, 0.25) is 9.84 Å². The quantitative estimate of drug-likeness (QED) is 0.789. The first-order chi connectivity index (χ1) is 12.8. The van der Waals surface area contributed by atoms with Crippen LogP contribution < -0.4 is 5.32 Å². The summed E-state index contributed by atoms with van der Waals surface area (Å²) in [6.45, 7) is 0.599. The molecule has 4 fully saturated rings. The van der Waals surface area contributed by atoms with Crippen LogP contribution in [0.15, 0.2) is 29.2 Å². The normalized spacial score (nSPS) is 32.0. The first-order valence-electron chi connectivity index (χ1n) is 9.68. The standard InChI is InChI=1S/C20H25F2NO3S/c21-19(22)27(25,26)17-3-1-16(2-4-17)18(24)23-6-5-20-10-13-7-14(11-20)9-15(8-13)12-20/h1-4,13-15,19H,5-12H2,(H,23,24). The summed E-state index contributed by atoms with van der Waals surface area (Å²) < 4.78 is 48.0. The predicted octanol–water partition coefficient (Wildman–Crippen LogP) is 4.02. The van der Waals surface area contributed by atoms with Gasteiger partial charge in [0, 0.05) is 12.1 Å². The Morgan fingerprint density at radius 2 is 1.56 bits per heavy atom. The van der Waals surface area contributed by atoms with Gasteiger partial charge in [-0.05, 0) is 92.4 Å². The third-order valence-corrected chi connectivity index (χ3v) is 8.18. The van der Waals surface area contributed by atoms with Gasteiger partial charge < -0.3 is 5.32 Å². The summed E-state index contributed by atoms with van der Waals surface area (Å²) in [7, 11) is -4.63. The molecule has 4 aliphatic carbocycles. The molecule has 1 aromatic rings. The molecule has 7 heteroatoms. The highest BCUT2D eigenvalue weighted by molar-refractivity contribution is 7.91. The molecule has 0 radical (unpaired) electrons. The van der Waals surface area contributed by atoms with E-state index < -0.39 is 20.5 Å². The van der Waals surface area contributed by atoms with E-state index in [0.717, 1.165) is 36.3 Å². The van der Waals surface area contributed by atoms with E-state index in [2.05, 4.69) is 5.32 Å². The molecule has 4 nitrogen and oxygen atoms in total. The Hall–Kier alpha value is -1.50. The molecule has 0 saturated heterocycles. The van der Waals surface area contributed by atoms with Crippen LogP contribution in [0.2, 0.25) is 0 Å². The maximum absolute atomic E-state index is 12.6. The minimum Gasteiger partial charge on any atom is -0.352 e. The highest BCUT2D eigenvalue weighted by Gasteiger charge is 2.50. The van der Waals surface area contributed by atoms with Crippen LogP contribution in [0.5, 0.6) is 0 Å². The largest absolute Gasteiger partial charge is 0.352 e. The second-order valence-corrected chi connectivity index (χ2v) is 10.7. The molecule has 4 saturated carbocycles. The lowest BCUT2D eigenvalue weighted by Crippen LogP contribution is -2.47. The molecule has 4 bridgehead atoms. The van der Waals surface area contributed by atoms with Crippen molar-refractivity contribution >= 4 is 15.7 Å². The van der Waals surface area contributed by atoms with E-state index in [4.69, 9.17) is 0 Å². The number of nitrogens with one attached hydrogen (secondary N) is 1. The van der Waals surface area contributed by atoms with Crippen molar-refractivity contribution in [3.63, 3.8) is 0 Å². The van der Waals surface area contributed by atoms with Gasteiger partial charge >= 0.3 is 5.76 Å². The van der Waals surface area contributed by atoms with Crippen molar-refractivity contribution < 1.29 is 22.0 Å². The Kier molecular flexibility index (Phi) is 4.77. The number of carbonyl (C=O) groups is 1. The fourth-order valence-corrected chi connectivity index (χ4v) is 6.76. The van der Waals surface area contributed by atoms with Crippen LogP contribution in [-0.2, 0) is 9.84 Å². The maximum atomic E-state index is 12.6. The molecule has 148 valence electrons. The zero-order chi connectivity index (χ0) is 19.2. The molecule has 0 aliphatic heterocycles. The van der Waals surface area contributed by atoms with Crippen LogP contribution in [0.3, 0.4) is 0 Å².